The van der Waals surface area contributed by atoms with Crippen LogP contribution in [-0.2, 0) is 4.79 Å². The first kappa shape index (κ1) is 16.3. The number of nitrogens with two attached hydrogens (primary N) is 1. The zero-order chi connectivity index (χ0) is 16.1. The number of carbonyl (C=O) groups is 1. The molecule has 2 aromatic carbocycles. The Hall–Kier alpha value is -2.07. The van der Waals surface area contributed by atoms with Crippen LogP contribution in [0.25, 0.3) is 10.8 Å². The minimum atomic E-state index is -0.301. The first-order valence-electron chi connectivity index (χ1n) is 7.53. The minimum Gasteiger partial charge on any atom is -0.497 e. The molecule has 0 aliphatic rings. The van der Waals surface area contributed by atoms with Gasteiger partial charge in [-0.3, -0.25) is 4.79 Å². The van der Waals surface area contributed by atoms with E-state index in [9.17, 15) is 9.90 Å². The van der Waals surface area contributed by atoms with Gasteiger partial charge in [0.2, 0.25) is 5.91 Å². The second-order valence-corrected chi connectivity index (χ2v) is 5.68. The van der Waals surface area contributed by atoms with Crippen LogP contribution in [0.15, 0.2) is 36.4 Å². The highest BCUT2D eigenvalue weighted by atomic mass is 16.5. The lowest BCUT2D eigenvalue weighted by Crippen LogP contribution is -2.22. The van der Waals surface area contributed by atoms with Crippen molar-refractivity contribution in [2.24, 2.45) is 11.7 Å². The van der Waals surface area contributed by atoms with Gasteiger partial charge in [-0.2, -0.15) is 0 Å². The third-order valence-corrected chi connectivity index (χ3v) is 4.16. The Kier molecular flexibility index (Phi) is 5.39. The van der Waals surface area contributed by atoms with Gasteiger partial charge < -0.3 is 15.6 Å². The SMILES string of the molecule is COc1ccc2c(C(CCO)CC(C)C(N)=O)cccc2c1. The number of carbonyl (C=O) groups excluding carboxylic acids is 1. The normalized spacial score (nSPS) is 13.8. The van der Waals surface area contributed by atoms with E-state index in [1.165, 1.54) is 0 Å². The van der Waals surface area contributed by atoms with Crippen LogP contribution in [0.3, 0.4) is 0 Å². The Balaban J connectivity index is 2.42. The number of benzene rings is 2. The van der Waals surface area contributed by atoms with Crippen LogP contribution < -0.4 is 10.5 Å². The van der Waals surface area contributed by atoms with Crippen LogP contribution in [0.4, 0.5) is 0 Å². The maximum absolute atomic E-state index is 11.4. The van der Waals surface area contributed by atoms with E-state index >= 15 is 0 Å². The number of amides is 1. The third-order valence-electron chi connectivity index (χ3n) is 4.16. The number of ether oxygens (including phenoxy) is 1. The Bertz CT molecular complexity index is 654. The second-order valence-electron chi connectivity index (χ2n) is 5.68. The Labute approximate surface area is 130 Å². The van der Waals surface area contributed by atoms with E-state index < -0.39 is 0 Å². The zero-order valence-electron chi connectivity index (χ0n) is 13.1. The van der Waals surface area contributed by atoms with E-state index in [2.05, 4.69) is 6.07 Å². The van der Waals surface area contributed by atoms with E-state index in [1.807, 2.05) is 37.3 Å². The molecule has 0 aliphatic heterocycles. The molecule has 0 saturated carbocycles. The van der Waals surface area contributed by atoms with Crippen LogP contribution in [-0.4, -0.2) is 24.7 Å². The molecule has 22 heavy (non-hydrogen) atoms. The van der Waals surface area contributed by atoms with Crippen molar-refractivity contribution in [2.45, 2.75) is 25.7 Å². The lowest BCUT2D eigenvalue weighted by atomic mass is 9.84. The van der Waals surface area contributed by atoms with Crippen molar-refractivity contribution in [2.75, 3.05) is 13.7 Å². The van der Waals surface area contributed by atoms with Crippen LogP contribution in [0.5, 0.6) is 5.75 Å². The molecule has 0 spiro atoms. The van der Waals surface area contributed by atoms with Crippen LogP contribution >= 0.6 is 0 Å². The molecule has 3 N–H and O–H groups in total. The molecule has 0 radical (unpaired) electrons. The predicted molar refractivity (Wildman–Crippen MR) is 87.9 cm³/mol. The first-order valence-corrected chi connectivity index (χ1v) is 7.53. The number of fused-ring (bicyclic) bond motifs is 1. The van der Waals surface area contributed by atoms with Gasteiger partial charge in [-0.05, 0) is 47.2 Å². The summed E-state index contributed by atoms with van der Waals surface area (Å²) in [6.07, 6.45) is 1.25. The smallest absolute Gasteiger partial charge is 0.220 e. The van der Waals surface area contributed by atoms with Gasteiger partial charge in [-0.25, -0.2) is 0 Å². The van der Waals surface area contributed by atoms with E-state index in [0.717, 1.165) is 22.1 Å². The average molecular weight is 301 g/mol. The number of aliphatic hydroxyl groups excluding tert-OH is 1. The van der Waals surface area contributed by atoms with Crippen molar-refractivity contribution < 1.29 is 14.6 Å². The maximum atomic E-state index is 11.4. The van der Waals surface area contributed by atoms with Crippen LogP contribution in [0.2, 0.25) is 0 Å². The van der Waals surface area contributed by atoms with Crippen molar-refractivity contribution in [3.8, 4) is 5.75 Å². The van der Waals surface area contributed by atoms with E-state index in [0.29, 0.717) is 12.8 Å². The molecule has 2 unspecified atom stereocenters. The zero-order valence-corrected chi connectivity index (χ0v) is 13.1. The van der Waals surface area contributed by atoms with E-state index in [4.69, 9.17) is 10.5 Å². The molecule has 0 saturated heterocycles. The van der Waals surface area contributed by atoms with Crippen molar-refractivity contribution >= 4 is 16.7 Å². The summed E-state index contributed by atoms with van der Waals surface area (Å²) in [5.74, 6) is 0.397. The standard InChI is InChI=1S/C18H23NO3/c1-12(18(19)21)10-14(8-9-20)16-5-3-4-13-11-15(22-2)6-7-17(13)16/h3-7,11-12,14,20H,8-10H2,1-2H3,(H2,19,21). The molecule has 0 fully saturated rings. The molecule has 0 aromatic heterocycles. The fourth-order valence-electron chi connectivity index (χ4n) is 2.87. The van der Waals surface area contributed by atoms with Gasteiger partial charge in [-0.1, -0.05) is 31.2 Å². The lowest BCUT2D eigenvalue weighted by molar-refractivity contribution is -0.121. The molecule has 118 valence electrons. The van der Waals surface area contributed by atoms with Gasteiger partial charge in [0, 0.05) is 12.5 Å². The highest BCUT2D eigenvalue weighted by Crippen LogP contribution is 2.33. The molecule has 2 aromatic rings. The van der Waals surface area contributed by atoms with Gasteiger partial charge >= 0.3 is 0 Å². The van der Waals surface area contributed by atoms with Crippen molar-refractivity contribution in [1.82, 2.24) is 0 Å². The van der Waals surface area contributed by atoms with Gasteiger partial charge in [-0.15, -0.1) is 0 Å². The summed E-state index contributed by atoms with van der Waals surface area (Å²) in [4.78, 5) is 11.4. The number of rotatable bonds is 7. The molecular formula is C18H23NO3. The fourth-order valence-corrected chi connectivity index (χ4v) is 2.87. The molecule has 4 heteroatoms. The first-order chi connectivity index (χ1) is 10.6. The fraction of sp³-hybridized carbons (Fsp3) is 0.389. The number of hydrogen-bond acceptors (Lipinski definition) is 3. The molecule has 0 heterocycles. The van der Waals surface area contributed by atoms with Gasteiger partial charge in [0.1, 0.15) is 5.75 Å². The van der Waals surface area contributed by atoms with Crippen LogP contribution in [0, 0.1) is 5.92 Å². The quantitative estimate of drug-likeness (QED) is 0.826. The number of aliphatic hydroxyl groups is 1. The van der Waals surface area contributed by atoms with Gasteiger partial charge in [0.15, 0.2) is 0 Å². The minimum absolute atomic E-state index is 0.0860. The summed E-state index contributed by atoms with van der Waals surface area (Å²) in [6, 6.07) is 12.0. The van der Waals surface area contributed by atoms with E-state index in [1.54, 1.807) is 7.11 Å². The monoisotopic (exact) mass is 301 g/mol. The van der Waals surface area contributed by atoms with Crippen molar-refractivity contribution in [3.63, 3.8) is 0 Å². The molecular weight excluding hydrogens is 278 g/mol. The summed E-state index contributed by atoms with van der Waals surface area (Å²) in [5, 5.41) is 11.6. The summed E-state index contributed by atoms with van der Waals surface area (Å²) < 4.78 is 5.26. The highest BCUT2D eigenvalue weighted by Gasteiger charge is 2.20. The summed E-state index contributed by atoms with van der Waals surface area (Å²) in [6.45, 7) is 1.92. The van der Waals surface area contributed by atoms with Crippen LogP contribution in [0.1, 0.15) is 31.2 Å². The number of methoxy groups -OCH3 is 1. The maximum Gasteiger partial charge on any atom is 0.220 e. The Morgan fingerprint density at radius 3 is 2.73 bits per heavy atom. The molecule has 1 amide bonds. The Morgan fingerprint density at radius 2 is 2.09 bits per heavy atom. The molecule has 2 atom stereocenters. The van der Waals surface area contributed by atoms with E-state index in [-0.39, 0.29) is 24.3 Å². The Morgan fingerprint density at radius 1 is 1.32 bits per heavy atom. The topological polar surface area (TPSA) is 72.6 Å². The summed E-state index contributed by atoms with van der Waals surface area (Å²) >= 11 is 0. The highest BCUT2D eigenvalue weighted by molar-refractivity contribution is 5.87. The van der Waals surface area contributed by atoms with Crippen molar-refractivity contribution in [1.29, 1.82) is 0 Å². The lowest BCUT2D eigenvalue weighted by Gasteiger charge is -2.21. The number of primary amides is 1. The summed E-state index contributed by atoms with van der Waals surface area (Å²) in [7, 11) is 1.65. The molecule has 0 bridgehead atoms. The second kappa shape index (κ2) is 7.27. The average Bonchev–Trinajstić information content (AvgIpc) is 2.53. The van der Waals surface area contributed by atoms with Gasteiger partial charge in [0.05, 0.1) is 7.11 Å². The molecule has 2 rings (SSSR count). The molecule has 0 aliphatic carbocycles. The summed E-state index contributed by atoms with van der Waals surface area (Å²) in [5.41, 5.74) is 6.53. The molecule has 4 nitrogen and oxygen atoms in total. The predicted octanol–water partition coefficient (Wildman–Crippen LogP) is 2.83. The third kappa shape index (κ3) is 3.57. The van der Waals surface area contributed by atoms with Gasteiger partial charge in [0.25, 0.3) is 0 Å². The number of hydrogen-bond donors (Lipinski definition) is 2. The van der Waals surface area contributed by atoms with Crippen molar-refractivity contribution in [3.05, 3.63) is 42.0 Å². The largest absolute Gasteiger partial charge is 0.497 e.